The van der Waals surface area contributed by atoms with Gasteiger partial charge in [-0.3, -0.25) is 13.6 Å². The van der Waals surface area contributed by atoms with Crippen molar-refractivity contribution in [1.82, 2.24) is 14.5 Å². The summed E-state index contributed by atoms with van der Waals surface area (Å²) in [4.78, 5) is 32.7. The van der Waals surface area contributed by atoms with E-state index < -0.39 is 89.1 Å². The number of nitrogens with zero attached hydrogens (tertiary/aromatic N) is 7. The van der Waals surface area contributed by atoms with Gasteiger partial charge in [-0.1, -0.05) is 4.98 Å². The molecular weight excluding hydrogens is 630 g/mol. The fraction of sp³-hybridized carbons (Fsp3) is 0.773. The van der Waals surface area contributed by atoms with Gasteiger partial charge in [0.25, 0.3) is 5.82 Å². The van der Waals surface area contributed by atoms with Gasteiger partial charge in [0.2, 0.25) is 17.9 Å². The van der Waals surface area contributed by atoms with E-state index in [1.165, 1.54) is 10.9 Å². The first-order valence-electron chi connectivity index (χ1n) is 13.7. The third kappa shape index (κ3) is 5.13. The van der Waals surface area contributed by atoms with Crippen molar-refractivity contribution in [2.45, 2.75) is 88.5 Å². The second kappa shape index (κ2) is 10.1. The lowest BCUT2D eigenvalue weighted by atomic mass is 10.1. The predicted molar refractivity (Wildman–Crippen MR) is 142 cm³/mol. The summed E-state index contributed by atoms with van der Waals surface area (Å²) in [6, 6.07) is -0.505. The van der Waals surface area contributed by atoms with Gasteiger partial charge in [-0.2, -0.15) is 4.31 Å². The third-order valence-corrected chi connectivity index (χ3v) is 10.8. The molecule has 4 fully saturated rings. The number of ether oxygens (including phenoxy) is 5. The zero-order valence-corrected chi connectivity index (χ0v) is 25.7. The van der Waals surface area contributed by atoms with Crippen LogP contribution in [0.25, 0.3) is 21.6 Å². The minimum atomic E-state index is -5.17. The van der Waals surface area contributed by atoms with Crippen LogP contribution in [0.15, 0.2) is 11.4 Å². The molecule has 2 unspecified atom stereocenters. The fourth-order valence-electron chi connectivity index (χ4n) is 6.65. The van der Waals surface area contributed by atoms with Gasteiger partial charge in [-0.15, -0.1) is 0 Å². The Balaban J connectivity index is 1.38. The first kappa shape index (κ1) is 30.4. The Bertz CT molecular complexity index is 1660. The number of phosphoric acid groups is 2. The molecule has 22 heteroatoms. The molecule has 10 atom stereocenters. The van der Waals surface area contributed by atoms with Gasteiger partial charge in [0.1, 0.15) is 30.5 Å². The van der Waals surface area contributed by atoms with E-state index in [4.69, 9.17) is 38.5 Å². The van der Waals surface area contributed by atoms with E-state index in [0.717, 1.165) is 0 Å². The zero-order chi connectivity index (χ0) is 31.4. The Morgan fingerprint density at radius 3 is 2.39 bits per heavy atom. The first-order valence-corrected chi connectivity index (χ1v) is 16.7. The Morgan fingerprint density at radius 1 is 1.05 bits per heavy atom. The highest BCUT2D eigenvalue weighted by Gasteiger charge is 2.59. The molecule has 44 heavy (non-hydrogen) atoms. The second-order valence-corrected chi connectivity index (χ2v) is 15.1. The fourth-order valence-corrected chi connectivity index (χ4v) is 8.78. The highest BCUT2D eigenvalue weighted by Crippen LogP contribution is 2.61. The molecule has 2 aromatic heterocycles. The normalized spacial score (nSPS) is 42.6. The molecule has 0 amide bonds. The maximum Gasteiger partial charge on any atom is 0.481 e. The summed E-state index contributed by atoms with van der Waals surface area (Å²) in [6.45, 7) is 5.75. The maximum absolute atomic E-state index is 12.8. The van der Waals surface area contributed by atoms with Gasteiger partial charge in [-0.05, 0) is 44.8 Å². The SMILES string of the molecule is CC1(C)O[C@@H]2[C@H]3COP(=O)(O)OP(=O)(O)OC[C@H]4O[C@H]([C@@H]5OC(C)(C)O[C@@H]54)n4c(N=[N+]=[N-])nc5c(N)[n+](cnc54)[C@H](C3)[C@@H]2O1. The molecule has 8 rings (SSSR count). The van der Waals surface area contributed by atoms with E-state index in [0.29, 0.717) is 0 Å². The lowest BCUT2D eigenvalue weighted by Crippen LogP contribution is -2.48. The summed E-state index contributed by atoms with van der Waals surface area (Å²) >= 11 is 0. The highest BCUT2D eigenvalue weighted by atomic mass is 31.3. The summed E-state index contributed by atoms with van der Waals surface area (Å²) < 4.78 is 74.0. The van der Waals surface area contributed by atoms with Gasteiger partial charge in [0.15, 0.2) is 23.3 Å². The molecule has 7 heterocycles. The first-order chi connectivity index (χ1) is 20.6. The number of hydrogen-bond donors (Lipinski definition) is 3. The lowest BCUT2D eigenvalue weighted by molar-refractivity contribution is -0.717. The van der Waals surface area contributed by atoms with Gasteiger partial charge in [0, 0.05) is 10.8 Å². The van der Waals surface area contributed by atoms with Gasteiger partial charge in [0.05, 0.1) is 19.3 Å². The van der Waals surface area contributed by atoms with Crippen molar-refractivity contribution in [1.29, 1.82) is 0 Å². The number of nitrogen functional groups attached to an aromatic ring is 1. The van der Waals surface area contributed by atoms with Crippen molar-refractivity contribution in [2.75, 3.05) is 18.9 Å². The number of rotatable bonds is 1. The molecule has 1 aliphatic carbocycles. The molecule has 240 valence electrons. The number of anilines is 1. The van der Waals surface area contributed by atoms with E-state index in [9.17, 15) is 24.4 Å². The number of hydrogen-bond acceptors (Lipinski definition) is 14. The summed E-state index contributed by atoms with van der Waals surface area (Å²) in [5.41, 5.74) is 16.4. The van der Waals surface area contributed by atoms with Crippen molar-refractivity contribution in [3.63, 3.8) is 0 Å². The van der Waals surface area contributed by atoms with Gasteiger partial charge in [-0.25, -0.2) is 18.7 Å². The number of nitrogens with two attached hydrogens (primary N) is 1. The van der Waals surface area contributed by atoms with Gasteiger partial charge < -0.3 is 39.2 Å². The van der Waals surface area contributed by atoms with Crippen LogP contribution in [-0.2, 0) is 46.2 Å². The summed E-state index contributed by atoms with van der Waals surface area (Å²) in [7, 11) is -10.3. The molecule has 0 spiro atoms. The van der Waals surface area contributed by atoms with Crippen LogP contribution in [0.1, 0.15) is 46.4 Å². The van der Waals surface area contributed by atoms with Crippen molar-refractivity contribution in [2.24, 2.45) is 11.0 Å². The summed E-state index contributed by atoms with van der Waals surface area (Å²) in [5, 5.41) is 3.75. The van der Waals surface area contributed by atoms with E-state index in [1.54, 1.807) is 32.3 Å². The van der Waals surface area contributed by atoms with E-state index in [-0.39, 0.29) is 29.4 Å². The zero-order valence-electron chi connectivity index (χ0n) is 23.9. The van der Waals surface area contributed by atoms with E-state index in [1.807, 2.05) is 0 Å². The highest BCUT2D eigenvalue weighted by molar-refractivity contribution is 7.61. The van der Waals surface area contributed by atoms with Crippen LogP contribution in [0.5, 0.6) is 0 Å². The van der Waals surface area contributed by atoms with Crippen LogP contribution in [0, 0.1) is 5.92 Å². The van der Waals surface area contributed by atoms with Crippen molar-refractivity contribution < 1.29 is 60.5 Å². The monoisotopic (exact) mass is 661 g/mol. The molecule has 0 aromatic carbocycles. The van der Waals surface area contributed by atoms with Crippen LogP contribution in [-0.4, -0.2) is 79.6 Å². The average Bonchev–Trinajstić information content (AvgIpc) is 3.66. The average molecular weight is 661 g/mol. The number of aromatic nitrogens is 4. The number of azide groups is 1. The third-order valence-electron chi connectivity index (χ3n) is 8.18. The number of fused-ring (bicyclic) bond motifs is 9. The molecule has 0 radical (unpaired) electrons. The summed E-state index contributed by atoms with van der Waals surface area (Å²) in [6.07, 6.45) is -3.32. The Labute approximate surface area is 249 Å². The molecule has 2 aromatic rings. The lowest BCUT2D eigenvalue weighted by Gasteiger charge is -2.26. The standard InChI is InChI=1S/C22H30N8O12P2/c1-21(2)38-13-9-5-10(14(13)39-21)29-8-25-18-12(17(29)23)26-20(27-28-24)30(18)19-16-15(40-22(3,4)41-16)11(37-19)7-36-44(33,34)42-43(31,32)35-6-9/h8-11,13-16,19,23H,5-7H2,1-4H3,(H2,31,32,33,34)/p+1/t9-,10-,11-,13-,14+,15-,16-,19-/m1/s1. The minimum Gasteiger partial charge on any atom is -0.346 e. The molecule has 6 aliphatic rings. The Morgan fingerprint density at radius 2 is 1.68 bits per heavy atom. The smallest absolute Gasteiger partial charge is 0.346 e. The Kier molecular flexibility index (Phi) is 6.98. The molecule has 8 bridgehead atoms. The minimum absolute atomic E-state index is 0.134. The molecule has 1 saturated carbocycles. The molecule has 20 nitrogen and oxygen atoms in total. The maximum atomic E-state index is 12.8. The molecule has 4 N–H and O–H groups in total. The van der Waals surface area contributed by atoms with Crippen LogP contribution in [0.2, 0.25) is 0 Å². The van der Waals surface area contributed by atoms with Crippen molar-refractivity contribution in [3.05, 3.63) is 16.8 Å². The number of imidazole rings is 1. The van der Waals surface area contributed by atoms with E-state index in [2.05, 4.69) is 24.3 Å². The summed E-state index contributed by atoms with van der Waals surface area (Å²) in [5.74, 6) is -2.62. The topological polar surface area (TPSA) is 258 Å². The molecule has 3 saturated heterocycles. The van der Waals surface area contributed by atoms with Crippen LogP contribution >= 0.6 is 15.6 Å². The van der Waals surface area contributed by atoms with Gasteiger partial charge >= 0.3 is 15.6 Å². The van der Waals surface area contributed by atoms with Crippen LogP contribution in [0.4, 0.5) is 11.8 Å². The van der Waals surface area contributed by atoms with Crippen LogP contribution < -0.4 is 10.3 Å². The quantitative estimate of drug-likeness (QED) is 0.130. The largest absolute Gasteiger partial charge is 0.481 e. The second-order valence-electron chi connectivity index (χ2n) is 12.0. The number of phosphoric ester groups is 2. The van der Waals surface area contributed by atoms with Crippen LogP contribution in [0.3, 0.4) is 0 Å². The predicted octanol–water partition coefficient (Wildman–Crippen LogP) is 2.01. The van der Waals surface area contributed by atoms with Crippen molar-refractivity contribution >= 4 is 38.6 Å². The molecule has 5 aliphatic heterocycles. The van der Waals surface area contributed by atoms with E-state index >= 15 is 0 Å². The molecular formula is C22H31N8O12P2+. The Hall–Kier alpha value is -2.28. The van der Waals surface area contributed by atoms with Crippen molar-refractivity contribution in [3.8, 4) is 0 Å².